The lowest BCUT2D eigenvalue weighted by Gasteiger charge is -2.20. The van der Waals surface area contributed by atoms with Gasteiger partial charge in [-0.15, -0.1) is 0 Å². The molecule has 2 aromatic rings. The van der Waals surface area contributed by atoms with Crippen molar-refractivity contribution < 1.29 is 18.4 Å². The zero-order valence-electron chi connectivity index (χ0n) is 12.2. The van der Waals surface area contributed by atoms with E-state index in [0.717, 1.165) is 12.8 Å². The fourth-order valence-corrected chi connectivity index (χ4v) is 2.18. The van der Waals surface area contributed by atoms with Gasteiger partial charge in [-0.1, -0.05) is 0 Å². The summed E-state index contributed by atoms with van der Waals surface area (Å²) in [7, 11) is 0. The van der Waals surface area contributed by atoms with Crippen LogP contribution in [0, 0.1) is 0 Å². The van der Waals surface area contributed by atoms with Crippen LogP contribution in [0.1, 0.15) is 35.4 Å². The van der Waals surface area contributed by atoms with Crippen molar-refractivity contribution in [3.05, 3.63) is 48.3 Å². The predicted octanol–water partition coefficient (Wildman–Crippen LogP) is 2.18. The Morgan fingerprint density at radius 1 is 1.27 bits per heavy atom. The van der Waals surface area contributed by atoms with E-state index in [1.807, 2.05) is 0 Å². The summed E-state index contributed by atoms with van der Waals surface area (Å²) >= 11 is 0. The fraction of sp³-hybridized carbons (Fsp3) is 0.375. The molecule has 0 spiro atoms. The summed E-state index contributed by atoms with van der Waals surface area (Å²) in [4.78, 5) is 25.9. The molecule has 22 heavy (non-hydrogen) atoms. The zero-order chi connectivity index (χ0) is 15.4. The molecule has 3 rings (SSSR count). The van der Waals surface area contributed by atoms with Crippen molar-refractivity contribution in [3.8, 4) is 0 Å². The number of nitrogens with zero attached hydrogens (tertiary/aromatic N) is 1. The van der Waals surface area contributed by atoms with Gasteiger partial charge in [-0.2, -0.15) is 0 Å². The number of amides is 2. The minimum absolute atomic E-state index is 0.0214. The van der Waals surface area contributed by atoms with Crippen molar-refractivity contribution in [1.82, 2.24) is 10.2 Å². The van der Waals surface area contributed by atoms with Crippen LogP contribution in [0.25, 0.3) is 0 Å². The van der Waals surface area contributed by atoms with Gasteiger partial charge in [0, 0.05) is 19.0 Å². The molecule has 0 atom stereocenters. The monoisotopic (exact) mass is 302 g/mol. The van der Waals surface area contributed by atoms with Crippen LogP contribution in [0.2, 0.25) is 0 Å². The molecule has 6 heteroatoms. The SMILES string of the molecule is O=C(CCN(Cc1ccco1)C(=O)c1ccoc1)NC1CC1. The molecule has 1 aliphatic rings. The number of rotatable bonds is 7. The molecular weight excluding hydrogens is 284 g/mol. The van der Waals surface area contributed by atoms with Crippen LogP contribution in [0.4, 0.5) is 0 Å². The van der Waals surface area contributed by atoms with E-state index in [2.05, 4.69) is 5.32 Å². The number of hydrogen-bond acceptors (Lipinski definition) is 4. The Morgan fingerprint density at radius 2 is 2.14 bits per heavy atom. The van der Waals surface area contributed by atoms with Gasteiger partial charge in [0.15, 0.2) is 0 Å². The third kappa shape index (κ3) is 3.78. The van der Waals surface area contributed by atoms with E-state index in [9.17, 15) is 9.59 Å². The smallest absolute Gasteiger partial charge is 0.257 e. The van der Waals surface area contributed by atoms with E-state index in [-0.39, 0.29) is 18.2 Å². The second kappa shape index (κ2) is 6.51. The van der Waals surface area contributed by atoms with Gasteiger partial charge in [-0.3, -0.25) is 9.59 Å². The summed E-state index contributed by atoms with van der Waals surface area (Å²) in [5, 5.41) is 2.92. The van der Waals surface area contributed by atoms with Gasteiger partial charge >= 0.3 is 0 Å². The summed E-state index contributed by atoms with van der Waals surface area (Å²) in [5.74, 6) is 0.482. The summed E-state index contributed by atoms with van der Waals surface area (Å²) in [5.41, 5.74) is 0.467. The van der Waals surface area contributed by atoms with Crippen LogP contribution in [-0.4, -0.2) is 29.3 Å². The highest BCUT2D eigenvalue weighted by atomic mass is 16.3. The predicted molar refractivity (Wildman–Crippen MR) is 77.9 cm³/mol. The first-order valence-electron chi connectivity index (χ1n) is 7.35. The minimum atomic E-state index is -0.177. The Morgan fingerprint density at radius 3 is 2.77 bits per heavy atom. The second-order valence-corrected chi connectivity index (χ2v) is 5.41. The normalized spacial score (nSPS) is 13.8. The Balaban J connectivity index is 1.62. The highest BCUT2D eigenvalue weighted by molar-refractivity contribution is 5.94. The van der Waals surface area contributed by atoms with Gasteiger partial charge < -0.3 is 19.1 Å². The van der Waals surface area contributed by atoms with Crippen molar-refractivity contribution in [3.63, 3.8) is 0 Å². The van der Waals surface area contributed by atoms with E-state index in [1.54, 1.807) is 29.4 Å². The molecule has 116 valence electrons. The third-order valence-electron chi connectivity index (χ3n) is 3.53. The van der Waals surface area contributed by atoms with E-state index in [0.29, 0.717) is 30.5 Å². The number of carbonyl (C=O) groups is 2. The molecule has 0 radical (unpaired) electrons. The van der Waals surface area contributed by atoms with Gasteiger partial charge in [-0.25, -0.2) is 0 Å². The summed E-state index contributed by atoms with van der Waals surface area (Å²) in [6, 6.07) is 5.52. The highest BCUT2D eigenvalue weighted by Gasteiger charge is 2.24. The molecule has 6 nitrogen and oxygen atoms in total. The maximum Gasteiger partial charge on any atom is 0.257 e. The molecule has 2 amide bonds. The Kier molecular flexibility index (Phi) is 4.27. The first-order chi connectivity index (χ1) is 10.7. The van der Waals surface area contributed by atoms with Crippen molar-refractivity contribution in [2.75, 3.05) is 6.54 Å². The quantitative estimate of drug-likeness (QED) is 0.850. The molecule has 2 aromatic heterocycles. The molecule has 1 fully saturated rings. The molecular formula is C16H18N2O4. The fourth-order valence-electron chi connectivity index (χ4n) is 2.18. The van der Waals surface area contributed by atoms with E-state index in [1.165, 1.54) is 12.5 Å². The average molecular weight is 302 g/mol. The zero-order valence-corrected chi connectivity index (χ0v) is 12.2. The van der Waals surface area contributed by atoms with Crippen molar-refractivity contribution >= 4 is 11.8 Å². The van der Waals surface area contributed by atoms with Crippen LogP contribution < -0.4 is 5.32 Å². The Labute approximate surface area is 128 Å². The summed E-state index contributed by atoms with van der Waals surface area (Å²) < 4.78 is 10.3. The number of hydrogen-bond donors (Lipinski definition) is 1. The maximum atomic E-state index is 12.5. The van der Waals surface area contributed by atoms with Crippen molar-refractivity contribution in [1.29, 1.82) is 0 Å². The lowest BCUT2D eigenvalue weighted by molar-refractivity contribution is -0.121. The molecule has 1 saturated carbocycles. The molecule has 1 N–H and O–H groups in total. The number of furan rings is 2. The van der Waals surface area contributed by atoms with Gasteiger partial charge in [0.25, 0.3) is 5.91 Å². The van der Waals surface area contributed by atoms with Crippen LogP contribution in [-0.2, 0) is 11.3 Å². The average Bonchev–Trinajstić information content (AvgIpc) is 2.99. The number of carbonyl (C=O) groups excluding carboxylic acids is 2. The van der Waals surface area contributed by atoms with Crippen LogP contribution >= 0.6 is 0 Å². The Hall–Kier alpha value is -2.50. The largest absolute Gasteiger partial charge is 0.472 e. The minimum Gasteiger partial charge on any atom is -0.472 e. The lowest BCUT2D eigenvalue weighted by atomic mass is 10.2. The molecule has 2 heterocycles. The second-order valence-electron chi connectivity index (χ2n) is 5.41. The molecule has 0 saturated heterocycles. The molecule has 0 bridgehead atoms. The lowest BCUT2D eigenvalue weighted by Crippen LogP contribution is -2.35. The van der Waals surface area contributed by atoms with E-state index in [4.69, 9.17) is 8.83 Å². The first-order valence-corrected chi connectivity index (χ1v) is 7.35. The molecule has 0 unspecified atom stereocenters. The standard InChI is InChI=1S/C16H18N2O4/c19-15(17-13-3-4-13)5-7-18(10-14-2-1-8-22-14)16(20)12-6-9-21-11-12/h1-2,6,8-9,11,13H,3-5,7,10H2,(H,17,19). The first kappa shape index (κ1) is 14.4. The van der Waals surface area contributed by atoms with E-state index < -0.39 is 0 Å². The van der Waals surface area contributed by atoms with Gasteiger partial charge in [0.05, 0.1) is 24.6 Å². The topological polar surface area (TPSA) is 75.7 Å². The maximum absolute atomic E-state index is 12.5. The summed E-state index contributed by atoms with van der Waals surface area (Å²) in [6.45, 7) is 0.664. The van der Waals surface area contributed by atoms with Gasteiger partial charge in [-0.05, 0) is 31.0 Å². The molecule has 0 aliphatic heterocycles. The molecule has 0 aromatic carbocycles. The van der Waals surface area contributed by atoms with Gasteiger partial charge in [0.2, 0.25) is 5.91 Å². The highest BCUT2D eigenvalue weighted by Crippen LogP contribution is 2.19. The van der Waals surface area contributed by atoms with Crippen LogP contribution in [0.15, 0.2) is 45.8 Å². The third-order valence-corrected chi connectivity index (χ3v) is 3.53. The van der Waals surface area contributed by atoms with Crippen LogP contribution in [0.5, 0.6) is 0 Å². The van der Waals surface area contributed by atoms with Gasteiger partial charge in [0.1, 0.15) is 12.0 Å². The Bertz CT molecular complexity index is 615. The number of nitrogens with one attached hydrogen (secondary N) is 1. The van der Waals surface area contributed by atoms with Crippen LogP contribution in [0.3, 0.4) is 0 Å². The van der Waals surface area contributed by atoms with E-state index >= 15 is 0 Å². The summed E-state index contributed by atoms with van der Waals surface area (Å²) in [6.07, 6.45) is 6.81. The van der Waals surface area contributed by atoms with Crippen molar-refractivity contribution in [2.45, 2.75) is 31.8 Å². The molecule has 1 aliphatic carbocycles. The van der Waals surface area contributed by atoms with Crippen molar-refractivity contribution in [2.24, 2.45) is 0 Å².